The van der Waals surface area contributed by atoms with E-state index in [-0.39, 0.29) is 22.1 Å². The fraction of sp³-hybridized carbons (Fsp3) is 0.385. The maximum Gasteiger partial charge on any atom is 0.343 e. The molecule has 0 fully saturated rings. The van der Waals surface area contributed by atoms with Gasteiger partial charge in [0.1, 0.15) is 17.2 Å². The Kier molecular flexibility index (Phi) is 21.4. The monoisotopic (exact) mass is 872 g/mol. The molecule has 0 unspecified atom stereocenters. The van der Waals surface area contributed by atoms with Gasteiger partial charge in [0.25, 0.3) is 0 Å². The molecule has 5 aromatic rings. The second kappa shape index (κ2) is 27.9. The molecule has 0 aliphatic rings. The summed E-state index contributed by atoms with van der Waals surface area (Å²) < 4.78 is 22.9. The zero-order valence-electron chi connectivity index (χ0n) is 36.8. The highest BCUT2D eigenvalue weighted by molar-refractivity contribution is 6.32. The lowest BCUT2D eigenvalue weighted by Crippen LogP contribution is -2.10. The lowest BCUT2D eigenvalue weighted by Gasteiger charge is -2.09. The summed E-state index contributed by atoms with van der Waals surface area (Å²) >= 11 is 6.35. The summed E-state index contributed by atoms with van der Waals surface area (Å²) in [6.07, 6.45) is 20.2. The summed E-state index contributed by atoms with van der Waals surface area (Å²) in [5, 5.41) is 17.4. The predicted octanol–water partition coefficient (Wildman–Crippen LogP) is 16.6. The van der Waals surface area contributed by atoms with E-state index in [4.69, 9.17) is 30.5 Å². The van der Waals surface area contributed by atoms with E-state index < -0.39 is 11.9 Å². The third kappa shape index (κ3) is 18.2. The van der Waals surface area contributed by atoms with Crippen molar-refractivity contribution < 1.29 is 28.5 Å². The number of benzene rings is 5. The number of halogens is 1. The van der Waals surface area contributed by atoms with Crippen LogP contribution in [0.4, 0.5) is 22.7 Å². The van der Waals surface area contributed by atoms with Crippen LogP contribution in [0.5, 0.6) is 23.0 Å². The number of azo groups is 2. The molecule has 0 heterocycles. The third-order valence-corrected chi connectivity index (χ3v) is 10.6. The molecule has 0 aliphatic carbocycles. The van der Waals surface area contributed by atoms with Crippen molar-refractivity contribution in [3.05, 3.63) is 131 Å². The van der Waals surface area contributed by atoms with Crippen molar-refractivity contribution in [2.75, 3.05) is 13.2 Å². The van der Waals surface area contributed by atoms with Gasteiger partial charge >= 0.3 is 11.9 Å². The fourth-order valence-corrected chi connectivity index (χ4v) is 6.74. The summed E-state index contributed by atoms with van der Waals surface area (Å²) in [5.41, 5.74) is 3.07. The van der Waals surface area contributed by atoms with E-state index in [0.29, 0.717) is 41.5 Å². The lowest BCUT2D eigenvalue weighted by molar-refractivity contribution is 0.0733. The van der Waals surface area contributed by atoms with Crippen LogP contribution >= 0.6 is 11.6 Å². The summed E-state index contributed by atoms with van der Waals surface area (Å²) in [5.74, 6) is 0.558. The zero-order chi connectivity index (χ0) is 44.3. The SMILES string of the molecule is CCCCCCCCCCOc1ccc(N=Nc2ccc(C(=O)Oc3ccc(Cl)c(OC(=O)c4ccc(N=Nc5ccc(OCCCCCCCCCC)cc5)cc4)c3)cc2)cc1. The predicted molar refractivity (Wildman–Crippen MR) is 252 cm³/mol. The molecule has 332 valence electrons. The number of rotatable bonds is 28. The van der Waals surface area contributed by atoms with Crippen LogP contribution in [0.25, 0.3) is 0 Å². The molecule has 0 aromatic heterocycles. The van der Waals surface area contributed by atoms with Crippen molar-refractivity contribution in [1.82, 2.24) is 0 Å². The van der Waals surface area contributed by atoms with Crippen LogP contribution in [0.1, 0.15) is 137 Å². The summed E-state index contributed by atoms with van der Waals surface area (Å²) in [6, 6.07) is 32.4. The van der Waals surface area contributed by atoms with E-state index in [1.807, 2.05) is 48.5 Å². The van der Waals surface area contributed by atoms with Gasteiger partial charge in [-0.1, -0.05) is 115 Å². The van der Waals surface area contributed by atoms with Gasteiger partial charge in [0.15, 0.2) is 5.75 Å². The summed E-state index contributed by atoms with van der Waals surface area (Å²) in [6.45, 7) is 5.89. The first-order valence-corrected chi connectivity index (χ1v) is 23.0. The van der Waals surface area contributed by atoms with E-state index in [9.17, 15) is 9.59 Å². The van der Waals surface area contributed by atoms with E-state index in [1.54, 1.807) is 48.5 Å². The average molecular weight is 874 g/mol. The van der Waals surface area contributed by atoms with Crippen molar-refractivity contribution in [3.63, 3.8) is 0 Å². The van der Waals surface area contributed by atoms with Gasteiger partial charge in [-0.05, 0) is 122 Å². The van der Waals surface area contributed by atoms with Gasteiger partial charge in [-0.2, -0.15) is 20.5 Å². The van der Waals surface area contributed by atoms with Crippen LogP contribution in [0, 0.1) is 0 Å². The van der Waals surface area contributed by atoms with E-state index in [0.717, 1.165) is 24.3 Å². The van der Waals surface area contributed by atoms with E-state index >= 15 is 0 Å². The third-order valence-electron chi connectivity index (χ3n) is 10.3. The van der Waals surface area contributed by atoms with Crippen molar-refractivity contribution >= 4 is 46.3 Å². The Morgan fingerprint density at radius 2 is 0.746 bits per heavy atom. The number of hydrogen-bond donors (Lipinski definition) is 0. The summed E-state index contributed by atoms with van der Waals surface area (Å²) in [7, 11) is 0. The molecule has 0 saturated carbocycles. The second-order valence-corrected chi connectivity index (χ2v) is 15.9. The minimum absolute atomic E-state index is 0.0415. The highest BCUT2D eigenvalue weighted by Gasteiger charge is 2.15. The Morgan fingerprint density at radius 3 is 1.14 bits per heavy atom. The first kappa shape index (κ1) is 48.2. The van der Waals surface area contributed by atoms with Gasteiger partial charge in [0.05, 0.1) is 52.1 Å². The lowest BCUT2D eigenvalue weighted by atomic mass is 10.1. The van der Waals surface area contributed by atoms with Crippen LogP contribution in [0.3, 0.4) is 0 Å². The normalized spacial score (nSPS) is 11.3. The molecule has 0 saturated heterocycles. The molecule has 63 heavy (non-hydrogen) atoms. The molecule has 10 nitrogen and oxygen atoms in total. The van der Waals surface area contributed by atoms with Crippen molar-refractivity contribution in [3.8, 4) is 23.0 Å². The minimum atomic E-state index is -0.644. The van der Waals surface area contributed by atoms with Crippen molar-refractivity contribution in [2.24, 2.45) is 20.5 Å². The molecule has 0 amide bonds. The molecule has 11 heteroatoms. The van der Waals surface area contributed by atoms with Crippen LogP contribution in [-0.4, -0.2) is 25.2 Å². The Bertz CT molecular complexity index is 2160. The molecule has 0 N–H and O–H groups in total. The highest BCUT2D eigenvalue weighted by atomic mass is 35.5. The molecule has 5 rings (SSSR count). The Morgan fingerprint density at radius 1 is 0.413 bits per heavy atom. The fourth-order valence-electron chi connectivity index (χ4n) is 6.58. The van der Waals surface area contributed by atoms with Gasteiger partial charge in [0, 0.05) is 6.07 Å². The molecule has 0 bridgehead atoms. The number of unbranched alkanes of at least 4 members (excludes halogenated alkanes) is 14. The van der Waals surface area contributed by atoms with Crippen molar-refractivity contribution in [2.45, 2.75) is 117 Å². The van der Waals surface area contributed by atoms with Crippen LogP contribution in [-0.2, 0) is 0 Å². The molecule has 0 spiro atoms. The minimum Gasteiger partial charge on any atom is -0.494 e. The van der Waals surface area contributed by atoms with Gasteiger partial charge in [-0.15, -0.1) is 0 Å². The second-order valence-electron chi connectivity index (χ2n) is 15.5. The molecule has 0 aliphatic heterocycles. The maximum atomic E-state index is 13.0. The molecular weight excluding hydrogens is 812 g/mol. The number of ether oxygens (including phenoxy) is 4. The van der Waals surface area contributed by atoms with Gasteiger partial charge in [-0.25, -0.2) is 9.59 Å². The van der Waals surface area contributed by atoms with Crippen LogP contribution < -0.4 is 18.9 Å². The van der Waals surface area contributed by atoms with Gasteiger partial charge < -0.3 is 18.9 Å². The van der Waals surface area contributed by atoms with Gasteiger partial charge in [-0.3, -0.25) is 0 Å². The topological polar surface area (TPSA) is 121 Å². The number of hydrogen-bond acceptors (Lipinski definition) is 10. The van der Waals surface area contributed by atoms with E-state index in [2.05, 4.69) is 34.3 Å². The average Bonchev–Trinajstić information content (AvgIpc) is 3.31. The Labute approximate surface area is 378 Å². The van der Waals surface area contributed by atoms with Crippen LogP contribution in [0.15, 0.2) is 136 Å². The largest absolute Gasteiger partial charge is 0.494 e. The molecule has 5 aromatic carbocycles. The Hall–Kier alpha value is -5.87. The highest BCUT2D eigenvalue weighted by Crippen LogP contribution is 2.31. The molecule has 0 radical (unpaired) electrons. The number of nitrogens with zero attached hydrogens (tertiary/aromatic N) is 4. The molecular formula is C52H61ClN4O6. The smallest absolute Gasteiger partial charge is 0.343 e. The number of carbonyl (C=O) groups is 2. The van der Waals surface area contributed by atoms with Crippen molar-refractivity contribution in [1.29, 1.82) is 0 Å². The first-order chi connectivity index (χ1) is 30.9. The maximum absolute atomic E-state index is 13.0. The molecule has 0 atom stereocenters. The first-order valence-electron chi connectivity index (χ1n) is 22.6. The van der Waals surface area contributed by atoms with Gasteiger partial charge in [0.2, 0.25) is 0 Å². The standard InChI is InChI=1S/C52H61ClN4O6/c1-3-5-7-9-11-13-15-17-37-60-46-31-27-44(28-32-46)56-54-42-23-19-40(20-24-42)51(58)62-48-35-36-49(53)50(39-48)63-52(59)41-21-25-43(26-22-41)55-57-45-29-33-47(34-30-45)61-38-18-16-14-12-10-8-6-4-2/h19-36,39H,3-18,37-38H2,1-2H3. The van der Waals surface area contributed by atoms with E-state index in [1.165, 1.54) is 108 Å². The zero-order valence-corrected chi connectivity index (χ0v) is 37.6. The number of carbonyl (C=O) groups excluding carboxylic acids is 2. The van der Waals surface area contributed by atoms with Crippen LogP contribution in [0.2, 0.25) is 5.02 Å². The number of esters is 2. The quantitative estimate of drug-likeness (QED) is 0.0214. The Balaban J connectivity index is 1.02. The summed E-state index contributed by atoms with van der Waals surface area (Å²) in [4.78, 5) is 26.0.